The molecule has 0 aromatic heterocycles. The highest BCUT2D eigenvalue weighted by atomic mass is 14.3. The van der Waals surface area contributed by atoms with E-state index in [2.05, 4.69) is 6.58 Å². The van der Waals surface area contributed by atoms with E-state index in [1.54, 1.807) is 12.2 Å². The molecule has 0 atom stereocenters. The average molecular weight is 147 g/mol. The van der Waals surface area contributed by atoms with Crippen LogP contribution in [0.4, 0.5) is 0 Å². The van der Waals surface area contributed by atoms with Gasteiger partial charge in [0.15, 0.2) is 0 Å². The third kappa shape index (κ3) is 6.52. The van der Waals surface area contributed by atoms with E-state index in [1.165, 1.54) is 6.21 Å². The summed E-state index contributed by atoms with van der Waals surface area (Å²) in [4.78, 5) is 0. The van der Waals surface area contributed by atoms with Crippen LogP contribution in [-0.2, 0) is 0 Å². The fraction of sp³-hybridized carbons (Fsp3) is 0.100. The van der Waals surface area contributed by atoms with Gasteiger partial charge in [-0.2, -0.15) is 0 Å². The lowest BCUT2D eigenvalue weighted by atomic mass is 10.2. The molecule has 0 saturated carbocycles. The van der Waals surface area contributed by atoms with Crippen LogP contribution >= 0.6 is 0 Å². The molecule has 0 fully saturated rings. The van der Waals surface area contributed by atoms with Gasteiger partial charge in [-0.15, -0.1) is 0 Å². The van der Waals surface area contributed by atoms with Crippen LogP contribution in [0.3, 0.4) is 0 Å². The highest BCUT2D eigenvalue weighted by Gasteiger charge is 1.74. The van der Waals surface area contributed by atoms with Gasteiger partial charge in [0.1, 0.15) is 0 Å². The summed E-state index contributed by atoms with van der Waals surface area (Å²) in [5.41, 5.74) is 0.895. The third-order valence-corrected chi connectivity index (χ3v) is 1.02. The minimum absolute atomic E-state index is 0.895. The number of rotatable bonds is 4. The van der Waals surface area contributed by atoms with Gasteiger partial charge in [-0.3, -0.25) is 0 Å². The Hall–Kier alpha value is -1.37. The summed E-state index contributed by atoms with van der Waals surface area (Å²) >= 11 is 0. The van der Waals surface area contributed by atoms with Crippen molar-refractivity contribution in [2.45, 2.75) is 6.92 Å². The maximum atomic E-state index is 6.72. The molecule has 0 saturated heterocycles. The zero-order valence-electron chi connectivity index (χ0n) is 6.75. The van der Waals surface area contributed by atoms with E-state index < -0.39 is 0 Å². The van der Waals surface area contributed by atoms with Gasteiger partial charge < -0.3 is 5.41 Å². The summed E-state index contributed by atoms with van der Waals surface area (Å²) in [5.74, 6) is 0. The highest BCUT2D eigenvalue weighted by Crippen LogP contribution is 1.94. The van der Waals surface area contributed by atoms with Gasteiger partial charge in [-0.25, -0.2) is 0 Å². The van der Waals surface area contributed by atoms with Crippen molar-refractivity contribution < 1.29 is 0 Å². The first-order valence-corrected chi connectivity index (χ1v) is 3.46. The molecule has 0 rings (SSSR count). The predicted molar refractivity (Wildman–Crippen MR) is 51.0 cm³/mol. The first-order valence-electron chi connectivity index (χ1n) is 3.46. The molecule has 0 amide bonds. The number of allylic oxidation sites excluding steroid dienone is 7. The van der Waals surface area contributed by atoms with Crippen molar-refractivity contribution in [3.63, 3.8) is 0 Å². The van der Waals surface area contributed by atoms with Gasteiger partial charge in [-0.05, 0) is 18.6 Å². The first-order chi connectivity index (χ1) is 5.31. The van der Waals surface area contributed by atoms with Crippen LogP contribution in [-0.4, -0.2) is 6.21 Å². The second-order valence-electron chi connectivity index (χ2n) is 1.99. The molecular formula is C10H13N. The van der Waals surface area contributed by atoms with Crippen molar-refractivity contribution in [3.05, 3.63) is 48.6 Å². The number of hydrogen-bond donors (Lipinski definition) is 1. The molecule has 11 heavy (non-hydrogen) atoms. The Morgan fingerprint density at radius 2 is 1.82 bits per heavy atom. The maximum absolute atomic E-state index is 6.72. The monoisotopic (exact) mass is 147 g/mol. The quantitative estimate of drug-likeness (QED) is 0.467. The van der Waals surface area contributed by atoms with Crippen molar-refractivity contribution in [2.24, 2.45) is 0 Å². The molecule has 0 unspecified atom stereocenters. The molecule has 0 aliphatic heterocycles. The minimum atomic E-state index is 0.895. The summed E-state index contributed by atoms with van der Waals surface area (Å²) in [5, 5.41) is 6.72. The smallest absolute Gasteiger partial charge is 0.0177 e. The fourth-order valence-corrected chi connectivity index (χ4v) is 0.518. The van der Waals surface area contributed by atoms with Gasteiger partial charge >= 0.3 is 0 Å². The Bertz CT molecular complexity index is 207. The van der Waals surface area contributed by atoms with Crippen LogP contribution in [0.1, 0.15) is 6.92 Å². The van der Waals surface area contributed by atoms with Gasteiger partial charge in [-0.1, -0.05) is 37.0 Å². The molecular weight excluding hydrogens is 134 g/mol. The summed E-state index contributed by atoms with van der Waals surface area (Å²) < 4.78 is 0. The van der Waals surface area contributed by atoms with Crippen LogP contribution in [0.2, 0.25) is 0 Å². The molecule has 1 nitrogen and oxygen atoms in total. The van der Waals surface area contributed by atoms with Crippen LogP contribution in [0.25, 0.3) is 0 Å². The van der Waals surface area contributed by atoms with E-state index >= 15 is 0 Å². The molecule has 0 spiro atoms. The Morgan fingerprint density at radius 3 is 2.36 bits per heavy atom. The zero-order chi connectivity index (χ0) is 8.53. The summed E-state index contributed by atoms with van der Waals surface area (Å²) in [6.45, 7) is 5.71. The summed E-state index contributed by atoms with van der Waals surface area (Å²) in [7, 11) is 0. The van der Waals surface area contributed by atoms with Crippen molar-refractivity contribution in [1.29, 1.82) is 5.41 Å². The third-order valence-electron chi connectivity index (χ3n) is 1.02. The second kappa shape index (κ2) is 6.75. The molecule has 0 aromatic carbocycles. The molecule has 0 bridgehead atoms. The fourth-order valence-electron chi connectivity index (χ4n) is 0.518. The Kier molecular flexibility index (Phi) is 5.91. The van der Waals surface area contributed by atoms with Gasteiger partial charge in [0, 0.05) is 6.21 Å². The van der Waals surface area contributed by atoms with Crippen LogP contribution in [0.15, 0.2) is 48.6 Å². The Morgan fingerprint density at radius 1 is 1.18 bits per heavy atom. The second-order valence-corrected chi connectivity index (χ2v) is 1.99. The van der Waals surface area contributed by atoms with Crippen LogP contribution in [0, 0.1) is 5.41 Å². The average Bonchev–Trinajstić information content (AvgIpc) is 2.01. The Labute approximate surface area is 68.0 Å². The lowest BCUT2D eigenvalue weighted by molar-refractivity contribution is 1.57. The molecule has 58 valence electrons. The highest BCUT2D eigenvalue weighted by molar-refractivity contribution is 5.68. The van der Waals surface area contributed by atoms with E-state index in [4.69, 9.17) is 5.41 Å². The van der Waals surface area contributed by atoms with E-state index in [1.807, 2.05) is 31.2 Å². The van der Waals surface area contributed by atoms with Gasteiger partial charge in [0.2, 0.25) is 0 Å². The molecule has 0 aliphatic carbocycles. The molecule has 0 heterocycles. The lowest BCUT2D eigenvalue weighted by Crippen LogP contribution is -1.66. The molecule has 0 aromatic rings. The molecule has 0 aliphatic rings. The van der Waals surface area contributed by atoms with E-state index in [0.29, 0.717) is 0 Å². The van der Waals surface area contributed by atoms with E-state index in [0.717, 1.165) is 5.57 Å². The largest absolute Gasteiger partial charge is 0.309 e. The first kappa shape index (κ1) is 9.63. The zero-order valence-corrected chi connectivity index (χ0v) is 6.75. The Balaban J connectivity index is 3.86. The maximum Gasteiger partial charge on any atom is 0.0177 e. The lowest BCUT2D eigenvalue weighted by Gasteiger charge is -1.83. The molecule has 0 radical (unpaired) electrons. The summed E-state index contributed by atoms with van der Waals surface area (Å²) in [6, 6.07) is 0. The molecule has 1 N–H and O–H groups in total. The van der Waals surface area contributed by atoms with Crippen molar-refractivity contribution in [3.8, 4) is 0 Å². The predicted octanol–water partition coefficient (Wildman–Crippen LogP) is 2.88. The van der Waals surface area contributed by atoms with Crippen molar-refractivity contribution in [1.82, 2.24) is 0 Å². The van der Waals surface area contributed by atoms with Crippen LogP contribution < -0.4 is 0 Å². The minimum Gasteiger partial charge on any atom is -0.309 e. The molecule has 1 heteroatoms. The van der Waals surface area contributed by atoms with Gasteiger partial charge in [0.05, 0.1) is 0 Å². The summed E-state index contributed by atoms with van der Waals surface area (Å²) in [6.07, 6.45) is 12.3. The topological polar surface area (TPSA) is 23.9 Å². The van der Waals surface area contributed by atoms with Gasteiger partial charge in [0.25, 0.3) is 0 Å². The van der Waals surface area contributed by atoms with Crippen molar-refractivity contribution >= 4 is 6.21 Å². The number of nitrogens with one attached hydrogen (secondary N) is 1. The number of hydrogen-bond acceptors (Lipinski definition) is 1. The van der Waals surface area contributed by atoms with Crippen LogP contribution in [0.5, 0.6) is 0 Å². The van der Waals surface area contributed by atoms with E-state index in [9.17, 15) is 0 Å². The van der Waals surface area contributed by atoms with Crippen molar-refractivity contribution in [2.75, 3.05) is 0 Å². The standard InChI is InChI=1S/C10H13N/c1-3-4-5-7-10(2)8-6-9-11/h3-9,11H,2H2,1H3/b4-3-,7-5-,8-6-,11-9?. The normalized spacial score (nSPS) is 11.7. The van der Waals surface area contributed by atoms with E-state index in [-0.39, 0.29) is 0 Å². The SMILES string of the molecule is C=C(/C=C\C=N)/C=C\C=C/C.